The Morgan fingerprint density at radius 1 is 1.09 bits per heavy atom. The molecule has 0 unspecified atom stereocenters. The van der Waals surface area contributed by atoms with Crippen molar-refractivity contribution in [3.05, 3.63) is 35.9 Å². The quantitative estimate of drug-likeness (QED) is 0.846. The van der Waals surface area contributed by atoms with Gasteiger partial charge in [-0.25, -0.2) is 14.5 Å². The fourth-order valence-corrected chi connectivity index (χ4v) is 1.66. The van der Waals surface area contributed by atoms with Crippen molar-refractivity contribution in [3.63, 3.8) is 0 Å². The number of ether oxygens (including phenoxy) is 3. The van der Waals surface area contributed by atoms with E-state index in [4.69, 9.17) is 9.47 Å². The summed E-state index contributed by atoms with van der Waals surface area (Å²) in [5.41, 5.74) is 0.225. The molecule has 0 aliphatic heterocycles. The van der Waals surface area contributed by atoms with Crippen LogP contribution in [0, 0.1) is 0 Å². The third-order valence-corrected chi connectivity index (χ3v) is 2.72. The van der Waals surface area contributed by atoms with E-state index in [1.54, 1.807) is 40.0 Å². The second kappa shape index (κ2) is 8.22. The molecular weight excluding hydrogens is 298 g/mol. The van der Waals surface area contributed by atoms with Crippen molar-refractivity contribution in [1.82, 2.24) is 4.90 Å². The van der Waals surface area contributed by atoms with Crippen molar-refractivity contribution in [3.8, 4) is 5.75 Å². The monoisotopic (exact) mass is 321 g/mol. The number of carbonyl (C=O) groups excluding carboxylic acids is 2. The average molecular weight is 321 g/mol. The van der Waals surface area contributed by atoms with Crippen molar-refractivity contribution >= 4 is 18.3 Å². The predicted octanol–water partition coefficient (Wildman–Crippen LogP) is 3.71. The fraction of sp³-hybridized carbons (Fsp3) is 0.412. The highest BCUT2D eigenvalue weighted by Gasteiger charge is 2.26. The number of methoxy groups -OCH3 is 2. The van der Waals surface area contributed by atoms with Crippen LogP contribution in [0.1, 0.15) is 26.3 Å². The van der Waals surface area contributed by atoms with Gasteiger partial charge in [0.25, 0.3) is 0 Å². The summed E-state index contributed by atoms with van der Waals surface area (Å²) >= 11 is 0. The van der Waals surface area contributed by atoms with Crippen molar-refractivity contribution < 1.29 is 23.8 Å². The molecule has 1 aromatic carbocycles. The summed E-state index contributed by atoms with van der Waals surface area (Å²) in [7, 11) is 2.81. The number of hydrogen-bond donors (Lipinski definition) is 0. The van der Waals surface area contributed by atoms with Gasteiger partial charge in [-0.05, 0) is 38.5 Å². The van der Waals surface area contributed by atoms with E-state index in [2.05, 4.69) is 4.74 Å². The number of benzene rings is 1. The molecule has 0 heterocycles. The van der Waals surface area contributed by atoms with Crippen molar-refractivity contribution in [2.45, 2.75) is 26.4 Å². The summed E-state index contributed by atoms with van der Waals surface area (Å²) in [4.78, 5) is 24.6. The Bertz CT molecular complexity index is 557. The van der Waals surface area contributed by atoms with Gasteiger partial charge in [-0.1, -0.05) is 24.3 Å². The normalized spacial score (nSPS) is 11.2. The lowest BCUT2D eigenvalue weighted by Gasteiger charge is -2.24. The highest BCUT2D eigenvalue weighted by molar-refractivity contribution is 5.88. The molecule has 0 aliphatic rings. The molecule has 0 saturated heterocycles. The van der Waals surface area contributed by atoms with Gasteiger partial charge in [-0.15, -0.1) is 0 Å². The molecule has 0 fully saturated rings. The van der Waals surface area contributed by atoms with Gasteiger partial charge >= 0.3 is 12.2 Å². The largest absolute Gasteiger partial charge is 0.497 e. The summed E-state index contributed by atoms with van der Waals surface area (Å²) < 4.78 is 14.9. The van der Waals surface area contributed by atoms with Crippen LogP contribution in [-0.2, 0) is 9.47 Å². The Morgan fingerprint density at radius 3 is 2.17 bits per heavy atom. The lowest BCUT2D eigenvalue weighted by atomic mass is 10.2. The predicted molar refractivity (Wildman–Crippen MR) is 87.4 cm³/mol. The zero-order valence-corrected chi connectivity index (χ0v) is 14.2. The Kier molecular flexibility index (Phi) is 6.63. The van der Waals surface area contributed by atoms with E-state index < -0.39 is 17.8 Å². The van der Waals surface area contributed by atoms with E-state index in [1.807, 2.05) is 24.3 Å². The molecule has 0 N–H and O–H groups in total. The Morgan fingerprint density at radius 2 is 1.70 bits per heavy atom. The molecule has 1 rings (SSSR count). The molecule has 6 heteroatoms. The number of nitrogens with zero attached hydrogens (tertiary/aromatic N) is 1. The molecule has 2 amide bonds. The van der Waals surface area contributed by atoms with Crippen LogP contribution in [0.2, 0.25) is 0 Å². The van der Waals surface area contributed by atoms with E-state index in [0.717, 1.165) is 16.2 Å². The van der Waals surface area contributed by atoms with E-state index in [-0.39, 0.29) is 6.54 Å². The second-order valence-electron chi connectivity index (χ2n) is 5.74. The number of rotatable bonds is 4. The van der Waals surface area contributed by atoms with Crippen LogP contribution < -0.4 is 4.74 Å². The highest BCUT2D eigenvalue weighted by atomic mass is 16.6. The Hall–Kier alpha value is -2.50. The first-order valence-electron chi connectivity index (χ1n) is 7.16. The fourth-order valence-electron chi connectivity index (χ4n) is 1.66. The topological polar surface area (TPSA) is 65.1 Å². The number of amides is 2. The SMILES string of the molecule is COC(=O)N(C/C=C/c1ccc(OC)cc1)C(=O)OC(C)(C)C. The molecule has 126 valence electrons. The first-order valence-corrected chi connectivity index (χ1v) is 7.16. The smallest absolute Gasteiger partial charge is 0.420 e. The first kappa shape index (κ1) is 18.5. The molecule has 0 spiro atoms. The van der Waals surface area contributed by atoms with Crippen molar-refractivity contribution in [2.75, 3.05) is 20.8 Å². The Labute approximate surface area is 136 Å². The molecule has 0 atom stereocenters. The maximum Gasteiger partial charge on any atom is 0.420 e. The van der Waals surface area contributed by atoms with Gasteiger partial charge in [0.05, 0.1) is 20.8 Å². The summed E-state index contributed by atoms with van der Waals surface area (Å²) in [5, 5.41) is 0. The molecule has 23 heavy (non-hydrogen) atoms. The molecule has 0 aromatic heterocycles. The lowest BCUT2D eigenvalue weighted by Crippen LogP contribution is -2.40. The van der Waals surface area contributed by atoms with Gasteiger partial charge < -0.3 is 14.2 Å². The molecule has 0 bridgehead atoms. The molecule has 0 saturated carbocycles. The first-order chi connectivity index (χ1) is 10.8. The third-order valence-electron chi connectivity index (χ3n) is 2.72. The summed E-state index contributed by atoms with van der Waals surface area (Å²) in [6.07, 6.45) is 1.96. The van der Waals surface area contributed by atoms with Gasteiger partial charge in [0.1, 0.15) is 11.4 Å². The lowest BCUT2D eigenvalue weighted by molar-refractivity contribution is 0.0267. The van der Waals surface area contributed by atoms with Crippen LogP contribution >= 0.6 is 0 Å². The van der Waals surface area contributed by atoms with Crippen LogP contribution in [-0.4, -0.2) is 43.5 Å². The average Bonchev–Trinajstić information content (AvgIpc) is 2.49. The maximum atomic E-state index is 12.0. The minimum atomic E-state index is -0.765. The van der Waals surface area contributed by atoms with Gasteiger partial charge in [0, 0.05) is 0 Å². The standard InChI is InChI=1S/C17H23NO5/c1-17(2,3)23-16(20)18(15(19)22-5)12-6-7-13-8-10-14(21-4)11-9-13/h6-11H,12H2,1-5H3/b7-6+. The second-order valence-corrected chi connectivity index (χ2v) is 5.74. The van der Waals surface area contributed by atoms with Crippen LogP contribution in [0.25, 0.3) is 6.08 Å². The maximum absolute atomic E-state index is 12.0. The zero-order chi connectivity index (χ0) is 17.5. The zero-order valence-electron chi connectivity index (χ0n) is 14.2. The van der Waals surface area contributed by atoms with Crippen molar-refractivity contribution in [1.29, 1.82) is 0 Å². The van der Waals surface area contributed by atoms with Crippen molar-refractivity contribution in [2.24, 2.45) is 0 Å². The number of imide groups is 1. The van der Waals surface area contributed by atoms with Crippen LogP contribution in [0.3, 0.4) is 0 Å². The van der Waals surface area contributed by atoms with E-state index in [1.165, 1.54) is 7.11 Å². The summed E-state index contributed by atoms with van der Waals surface area (Å²) in [6, 6.07) is 7.38. The van der Waals surface area contributed by atoms with Gasteiger partial charge in [0.2, 0.25) is 0 Å². The van der Waals surface area contributed by atoms with E-state index >= 15 is 0 Å². The number of carbonyl (C=O) groups is 2. The van der Waals surface area contributed by atoms with Gasteiger partial charge in [0.15, 0.2) is 0 Å². The van der Waals surface area contributed by atoms with E-state index in [9.17, 15) is 9.59 Å². The third kappa shape index (κ3) is 6.42. The minimum absolute atomic E-state index is 0.0492. The van der Waals surface area contributed by atoms with Gasteiger partial charge in [-0.3, -0.25) is 0 Å². The van der Waals surface area contributed by atoms with Crippen LogP contribution in [0.5, 0.6) is 5.75 Å². The minimum Gasteiger partial charge on any atom is -0.497 e. The highest BCUT2D eigenvalue weighted by Crippen LogP contribution is 2.13. The molecule has 1 aromatic rings. The molecular formula is C17H23NO5. The Balaban J connectivity index is 2.75. The van der Waals surface area contributed by atoms with Crippen LogP contribution in [0.4, 0.5) is 9.59 Å². The molecule has 0 radical (unpaired) electrons. The summed E-state index contributed by atoms with van der Waals surface area (Å²) in [5.74, 6) is 0.757. The van der Waals surface area contributed by atoms with Crippen LogP contribution in [0.15, 0.2) is 30.3 Å². The van der Waals surface area contributed by atoms with Gasteiger partial charge in [-0.2, -0.15) is 0 Å². The molecule has 0 aliphatic carbocycles. The van der Waals surface area contributed by atoms with E-state index in [0.29, 0.717) is 0 Å². The summed E-state index contributed by atoms with van der Waals surface area (Å²) in [6.45, 7) is 5.24. The molecule has 6 nitrogen and oxygen atoms in total. The number of hydrogen-bond acceptors (Lipinski definition) is 5.